The zero-order chi connectivity index (χ0) is 12.9. The number of ether oxygens (including phenoxy) is 1. The number of rotatable bonds is 4. The van der Waals surface area contributed by atoms with E-state index in [1.54, 1.807) is 12.5 Å². The number of pyridine rings is 1. The zero-order valence-corrected chi connectivity index (χ0v) is 10.8. The van der Waals surface area contributed by atoms with Crippen LogP contribution >= 0.6 is 0 Å². The largest absolute Gasteiger partial charge is 0.477 e. The Balaban J connectivity index is 1.63. The molecular formula is C15H18N2O2. The van der Waals surface area contributed by atoms with E-state index in [4.69, 9.17) is 9.15 Å². The van der Waals surface area contributed by atoms with Crippen LogP contribution in [0, 0.1) is 5.92 Å². The highest BCUT2D eigenvalue weighted by Crippen LogP contribution is 2.21. The first-order chi connectivity index (χ1) is 9.42. The molecule has 0 aromatic carbocycles. The van der Waals surface area contributed by atoms with E-state index < -0.39 is 0 Å². The summed E-state index contributed by atoms with van der Waals surface area (Å²) < 4.78 is 10.9. The van der Waals surface area contributed by atoms with Crippen molar-refractivity contribution in [3.05, 3.63) is 36.8 Å². The van der Waals surface area contributed by atoms with Gasteiger partial charge >= 0.3 is 0 Å². The van der Waals surface area contributed by atoms with Gasteiger partial charge in [-0.1, -0.05) is 6.07 Å². The van der Waals surface area contributed by atoms with Crippen LogP contribution < -0.4 is 10.1 Å². The van der Waals surface area contributed by atoms with Crippen LogP contribution in [0.4, 0.5) is 0 Å². The average molecular weight is 258 g/mol. The maximum Gasteiger partial charge on any atom is 0.213 e. The third kappa shape index (κ3) is 3.15. The summed E-state index contributed by atoms with van der Waals surface area (Å²) in [7, 11) is 0. The summed E-state index contributed by atoms with van der Waals surface area (Å²) in [5, 5.41) is 3.36. The fourth-order valence-electron chi connectivity index (χ4n) is 2.32. The molecule has 3 heterocycles. The molecule has 100 valence electrons. The minimum absolute atomic E-state index is 0.639. The lowest BCUT2D eigenvalue weighted by Crippen LogP contribution is -2.30. The lowest BCUT2D eigenvalue weighted by atomic mass is 9.99. The Bertz CT molecular complexity index is 505. The minimum Gasteiger partial charge on any atom is -0.477 e. The molecule has 0 amide bonds. The molecule has 1 aliphatic rings. The molecule has 19 heavy (non-hydrogen) atoms. The molecule has 0 spiro atoms. The van der Waals surface area contributed by atoms with Gasteiger partial charge in [-0.3, -0.25) is 0 Å². The van der Waals surface area contributed by atoms with Crippen molar-refractivity contribution in [3.8, 4) is 17.1 Å². The summed E-state index contributed by atoms with van der Waals surface area (Å²) >= 11 is 0. The second kappa shape index (κ2) is 5.89. The summed E-state index contributed by atoms with van der Waals surface area (Å²) in [5.41, 5.74) is 1.86. The minimum atomic E-state index is 0.639. The molecule has 0 atom stereocenters. The lowest BCUT2D eigenvalue weighted by Gasteiger charge is -2.22. The highest BCUT2D eigenvalue weighted by atomic mass is 16.5. The molecule has 0 radical (unpaired) electrons. The normalized spacial score (nSPS) is 16.4. The number of aromatic nitrogens is 1. The Kier molecular flexibility index (Phi) is 3.79. The van der Waals surface area contributed by atoms with E-state index in [0.29, 0.717) is 11.8 Å². The van der Waals surface area contributed by atoms with Crippen molar-refractivity contribution < 1.29 is 9.15 Å². The molecule has 0 bridgehead atoms. The molecule has 1 fully saturated rings. The van der Waals surface area contributed by atoms with Gasteiger partial charge in [0.1, 0.15) is 0 Å². The van der Waals surface area contributed by atoms with Crippen LogP contribution in [-0.4, -0.2) is 24.7 Å². The van der Waals surface area contributed by atoms with Gasteiger partial charge in [-0.15, -0.1) is 0 Å². The Morgan fingerprint density at radius 2 is 2.16 bits per heavy atom. The van der Waals surface area contributed by atoms with Gasteiger partial charge in [-0.05, 0) is 44.0 Å². The Hall–Kier alpha value is -1.81. The molecule has 3 rings (SSSR count). The third-order valence-corrected chi connectivity index (χ3v) is 3.47. The second-order valence-corrected chi connectivity index (χ2v) is 4.88. The van der Waals surface area contributed by atoms with Crippen LogP contribution in [0.3, 0.4) is 0 Å². The third-order valence-electron chi connectivity index (χ3n) is 3.47. The molecule has 1 saturated heterocycles. The summed E-state index contributed by atoms with van der Waals surface area (Å²) in [6.07, 6.45) is 5.71. The fraction of sp³-hybridized carbons (Fsp3) is 0.400. The Morgan fingerprint density at radius 3 is 2.95 bits per heavy atom. The SMILES string of the molecule is c1cc(OCC2CCNCC2)nc(-c2ccoc2)c1. The highest BCUT2D eigenvalue weighted by Gasteiger charge is 2.14. The standard InChI is InChI=1S/C15H18N2O2/c1-2-14(13-6-9-18-11-13)17-15(3-1)19-10-12-4-7-16-8-5-12/h1-3,6,9,11-12,16H,4-5,7-8,10H2. The Labute approximate surface area is 112 Å². The molecule has 0 saturated carbocycles. The van der Waals surface area contributed by atoms with Gasteiger partial charge in [0.2, 0.25) is 5.88 Å². The lowest BCUT2D eigenvalue weighted by molar-refractivity contribution is 0.209. The van der Waals surface area contributed by atoms with Crippen molar-refractivity contribution in [2.24, 2.45) is 5.92 Å². The van der Waals surface area contributed by atoms with Crippen LogP contribution in [0.25, 0.3) is 11.3 Å². The van der Waals surface area contributed by atoms with E-state index in [0.717, 1.165) is 31.0 Å². The van der Waals surface area contributed by atoms with Crippen LogP contribution in [0.15, 0.2) is 41.2 Å². The number of hydrogen-bond acceptors (Lipinski definition) is 4. The molecule has 2 aromatic rings. The first-order valence-corrected chi connectivity index (χ1v) is 6.75. The first-order valence-electron chi connectivity index (χ1n) is 6.75. The Morgan fingerprint density at radius 1 is 1.26 bits per heavy atom. The highest BCUT2D eigenvalue weighted by molar-refractivity contribution is 5.57. The van der Waals surface area contributed by atoms with Gasteiger partial charge in [-0.2, -0.15) is 0 Å². The van der Waals surface area contributed by atoms with Gasteiger partial charge < -0.3 is 14.5 Å². The van der Waals surface area contributed by atoms with E-state index in [9.17, 15) is 0 Å². The monoisotopic (exact) mass is 258 g/mol. The van der Waals surface area contributed by atoms with Crippen LogP contribution in [0.1, 0.15) is 12.8 Å². The number of nitrogens with one attached hydrogen (secondary N) is 1. The number of furan rings is 1. The fourth-order valence-corrected chi connectivity index (χ4v) is 2.32. The van der Waals surface area contributed by atoms with E-state index in [2.05, 4.69) is 10.3 Å². The number of piperidine rings is 1. The maximum atomic E-state index is 5.81. The molecule has 4 heteroatoms. The quantitative estimate of drug-likeness (QED) is 0.916. The predicted molar refractivity (Wildman–Crippen MR) is 73.0 cm³/mol. The molecule has 2 aromatic heterocycles. The average Bonchev–Trinajstić information content (AvgIpc) is 3.01. The van der Waals surface area contributed by atoms with Gasteiger partial charge in [0, 0.05) is 11.6 Å². The summed E-state index contributed by atoms with van der Waals surface area (Å²) in [4.78, 5) is 4.50. The van der Waals surface area contributed by atoms with Crippen molar-refractivity contribution in [1.29, 1.82) is 0 Å². The predicted octanol–water partition coefficient (Wildman–Crippen LogP) is 2.72. The van der Waals surface area contributed by atoms with E-state index >= 15 is 0 Å². The van der Waals surface area contributed by atoms with Crippen molar-refractivity contribution in [1.82, 2.24) is 10.3 Å². The van der Waals surface area contributed by atoms with E-state index in [1.165, 1.54) is 12.8 Å². The van der Waals surface area contributed by atoms with E-state index in [1.807, 2.05) is 24.3 Å². The number of hydrogen-bond donors (Lipinski definition) is 1. The smallest absolute Gasteiger partial charge is 0.213 e. The van der Waals surface area contributed by atoms with Crippen LogP contribution in [0.2, 0.25) is 0 Å². The van der Waals surface area contributed by atoms with Crippen LogP contribution in [-0.2, 0) is 0 Å². The van der Waals surface area contributed by atoms with Crippen molar-refractivity contribution in [3.63, 3.8) is 0 Å². The van der Waals surface area contributed by atoms with Crippen molar-refractivity contribution in [2.75, 3.05) is 19.7 Å². The van der Waals surface area contributed by atoms with E-state index in [-0.39, 0.29) is 0 Å². The van der Waals surface area contributed by atoms with Gasteiger partial charge in [0.05, 0.1) is 24.8 Å². The molecule has 0 aliphatic carbocycles. The molecular weight excluding hydrogens is 240 g/mol. The summed E-state index contributed by atoms with van der Waals surface area (Å²) in [5.74, 6) is 1.33. The zero-order valence-electron chi connectivity index (χ0n) is 10.8. The van der Waals surface area contributed by atoms with Crippen molar-refractivity contribution in [2.45, 2.75) is 12.8 Å². The van der Waals surface area contributed by atoms with Gasteiger partial charge in [-0.25, -0.2) is 4.98 Å². The first kappa shape index (κ1) is 12.2. The molecule has 4 nitrogen and oxygen atoms in total. The summed E-state index contributed by atoms with van der Waals surface area (Å²) in [6.45, 7) is 2.94. The van der Waals surface area contributed by atoms with Crippen LogP contribution in [0.5, 0.6) is 5.88 Å². The van der Waals surface area contributed by atoms with Gasteiger partial charge in [0.15, 0.2) is 0 Å². The number of nitrogens with zero attached hydrogens (tertiary/aromatic N) is 1. The molecule has 0 unspecified atom stereocenters. The second-order valence-electron chi connectivity index (χ2n) is 4.88. The molecule has 1 aliphatic heterocycles. The van der Waals surface area contributed by atoms with Gasteiger partial charge in [0.25, 0.3) is 0 Å². The summed E-state index contributed by atoms with van der Waals surface area (Å²) in [6, 6.07) is 7.74. The topological polar surface area (TPSA) is 47.3 Å². The maximum absolute atomic E-state index is 5.81. The van der Waals surface area contributed by atoms with Crippen molar-refractivity contribution >= 4 is 0 Å². The molecule has 1 N–H and O–H groups in total.